The molecule has 3 nitrogen and oxygen atoms in total. The number of nitrogens with zero attached hydrogens (tertiary/aromatic N) is 2. The standard InChI is InChI=1S/C10H13ClN2O/c1-14-10-9(12-5-6-13-10)7-3-2-4-8(7)11/h5-8H,2-4H2,1H3. The van der Waals surface area contributed by atoms with Crippen molar-refractivity contribution in [2.45, 2.75) is 30.6 Å². The largest absolute Gasteiger partial charge is 0.480 e. The van der Waals surface area contributed by atoms with Crippen molar-refractivity contribution in [2.24, 2.45) is 0 Å². The maximum Gasteiger partial charge on any atom is 0.235 e. The van der Waals surface area contributed by atoms with Gasteiger partial charge in [0.15, 0.2) is 0 Å². The summed E-state index contributed by atoms with van der Waals surface area (Å²) in [4.78, 5) is 8.44. The van der Waals surface area contributed by atoms with Gasteiger partial charge in [-0.05, 0) is 12.8 Å². The minimum Gasteiger partial charge on any atom is -0.480 e. The second-order valence-corrected chi connectivity index (χ2v) is 4.06. The number of alkyl halides is 1. The van der Waals surface area contributed by atoms with Crippen molar-refractivity contribution in [3.05, 3.63) is 18.1 Å². The van der Waals surface area contributed by atoms with Gasteiger partial charge in [0.25, 0.3) is 0 Å². The van der Waals surface area contributed by atoms with Crippen molar-refractivity contribution in [2.75, 3.05) is 7.11 Å². The van der Waals surface area contributed by atoms with E-state index in [-0.39, 0.29) is 5.38 Å². The highest BCUT2D eigenvalue weighted by molar-refractivity contribution is 6.21. The van der Waals surface area contributed by atoms with Gasteiger partial charge in [0.2, 0.25) is 5.88 Å². The summed E-state index contributed by atoms with van der Waals surface area (Å²) in [6.07, 6.45) is 6.65. The van der Waals surface area contributed by atoms with E-state index in [4.69, 9.17) is 16.3 Å². The molecule has 1 aromatic rings. The first kappa shape index (κ1) is 9.71. The Morgan fingerprint density at radius 2 is 2.14 bits per heavy atom. The van der Waals surface area contributed by atoms with E-state index in [1.165, 1.54) is 6.42 Å². The molecule has 0 aromatic carbocycles. The molecule has 0 spiro atoms. The van der Waals surface area contributed by atoms with Crippen LogP contribution in [0.5, 0.6) is 5.88 Å². The summed E-state index contributed by atoms with van der Waals surface area (Å²) in [5.74, 6) is 0.922. The normalized spacial score (nSPS) is 26.4. The van der Waals surface area contributed by atoms with E-state index in [1.807, 2.05) is 0 Å². The van der Waals surface area contributed by atoms with Crippen LogP contribution in [0.2, 0.25) is 0 Å². The summed E-state index contributed by atoms with van der Waals surface area (Å²) in [5.41, 5.74) is 0.910. The Morgan fingerprint density at radius 1 is 1.36 bits per heavy atom. The van der Waals surface area contributed by atoms with E-state index < -0.39 is 0 Å². The van der Waals surface area contributed by atoms with Gasteiger partial charge in [-0.3, -0.25) is 4.98 Å². The number of halogens is 1. The number of ether oxygens (including phenoxy) is 1. The second-order valence-electron chi connectivity index (χ2n) is 3.50. The summed E-state index contributed by atoms with van der Waals surface area (Å²) >= 11 is 6.22. The van der Waals surface area contributed by atoms with Crippen LogP contribution >= 0.6 is 11.6 Å². The molecule has 2 unspecified atom stereocenters. The van der Waals surface area contributed by atoms with Crippen LogP contribution in [0.15, 0.2) is 12.4 Å². The highest BCUT2D eigenvalue weighted by atomic mass is 35.5. The fourth-order valence-electron chi connectivity index (χ4n) is 1.97. The monoisotopic (exact) mass is 212 g/mol. The van der Waals surface area contributed by atoms with Gasteiger partial charge in [-0.1, -0.05) is 6.42 Å². The van der Waals surface area contributed by atoms with Gasteiger partial charge in [-0.25, -0.2) is 4.98 Å². The number of hydrogen-bond acceptors (Lipinski definition) is 3. The van der Waals surface area contributed by atoms with Crippen LogP contribution in [0.1, 0.15) is 30.9 Å². The molecule has 0 bridgehead atoms. The molecule has 1 fully saturated rings. The molecule has 0 aliphatic heterocycles. The van der Waals surface area contributed by atoms with Crippen molar-refractivity contribution in [1.82, 2.24) is 9.97 Å². The van der Waals surface area contributed by atoms with E-state index in [9.17, 15) is 0 Å². The first-order valence-electron chi connectivity index (χ1n) is 4.82. The molecule has 1 saturated carbocycles. The molecule has 2 atom stereocenters. The average molecular weight is 213 g/mol. The van der Waals surface area contributed by atoms with Crippen LogP contribution in [-0.4, -0.2) is 22.5 Å². The Balaban J connectivity index is 2.30. The van der Waals surface area contributed by atoms with Gasteiger partial charge in [0.1, 0.15) is 5.69 Å². The Kier molecular flexibility index (Phi) is 2.87. The fraction of sp³-hybridized carbons (Fsp3) is 0.600. The molecule has 76 valence electrons. The van der Waals surface area contributed by atoms with E-state index >= 15 is 0 Å². The maximum atomic E-state index is 6.22. The van der Waals surface area contributed by atoms with E-state index in [0.717, 1.165) is 18.5 Å². The Labute approximate surface area is 88.5 Å². The van der Waals surface area contributed by atoms with Crippen LogP contribution in [0, 0.1) is 0 Å². The summed E-state index contributed by atoms with van der Waals surface area (Å²) in [6, 6.07) is 0. The molecule has 14 heavy (non-hydrogen) atoms. The van der Waals surface area contributed by atoms with Crippen LogP contribution in [0.4, 0.5) is 0 Å². The second kappa shape index (κ2) is 4.13. The van der Waals surface area contributed by atoms with E-state index in [2.05, 4.69) is 9.97 Å². The van der Waals surface area contributed by atoms with Gasteiger partial charge in [0.05, 0.1) is 7.11 Å². The highest BCUT2D eigenvalue weighted by Crippen LogP contribution is 2.39. The van der Waals surface area contributed by atoms with Crippen LogP contribution in [0.3, 0.4) is 0 Å². The highest BCUT2D eigenvalue weighted by Gasteiger charge is 2.30. The van der Waals surface area contributed by atoms with Crippen molar-refractivity contribution in [1.29, 1.82) is 0 Å². The van der Waals surface area contributed by atoms with Crippen molar-refractivity contribution in [3.8, 4) is 5.88 Å². The van der Waals surface area contributed by atoms with Crippen LogP contribution in [0.25, 0.3) is 0 Å². The number of methoxy groups -OCH3 is 1. The zero-order valence-corrected chi connectivity index (χ0v) is 8.87. The number of hydrogen-bond donors (Lipinski definition) is 0. The van der Waals surface area contributed by atoms with Gasteiger partial charge in [-0.2, -0.15) is 0 Å². The minimum atomic E-state index is 0.181. The zero-order chi connectivity index (χ0) is 9.97. The van der Waals surface area contributed by atoms with Gasteiger partial charge < -0.3 is 4.74 Å². The number of aromatic nitrogens is 2. The lowest BCUT2D eigenvalue weighted by Crippen LogP contribution is -2.09. The van der Waals surface area contributed by atoms with Gasteiger partial charge in [-0.15, -0.1) is 11.6 Å². The van der Waals surface area contributed by atoms with Crippen molar-refractivity contribution >= 4 is 11.6 Å². The number of rotatable bonds is 2. The molecule has 1 heterocycles. The topological polar surface area (TPSA) is 35.0 Å². The van der Waals surface area contributed by atoms with Crippen molar-refractivity contribution < 1.29 is 4.74 Å². The van der Waals surface area contributed by atoms with Crippen LogP contribution in [-0.2, 0) is 0 Å². The molecular formula is C10H13ClN2O. The molecule has 0 N–H and O–H groups in total. The van der Waals surface area contributed by atoms with Gasteiger partial charge >= 0.3 is 0 Å². The van der Waals surface area contributed by atoms with Crippen LogP contribution < -0.4 is 4.74 Å². The third-order valence-electron chi connectivity index (χ3n) is 2.67. The third-order valence-corrected chi connectivity index (χ3v) is 3.19. The predicted octanol–water partition coefficient (Wildman–Crippen LogP) is 2.36. The minimum absolute atomic E-state index is 0.181. The lowest BCUT2D eigenvalue weighted by molar-refractivity contribution is 0.384. The summed E-state index contributed by atoms with van der Waals surface area (Å²) in [5, 5.41) is 0.181. The molecule has 1 aliphatic carbocycles. The first-order valence-corrected chi connectivity index (χ1v) is 5.25. The van der Waals surface area contributed by atoms with Gasteiger partial charge in [0, 0.05) is 23.7 Å². The third kappa shape index (κ3) is 1.69. The lowest BCUT2D eigenvalue weighted by atomic mass is 10.0. The molecule has 0 saturated heterocycles. The molecule has 4 heteroatoms. The molecule has 0 radical (unpaired) electrons. The molecule has 2 rings (SSSR count). The van der Waals surface area contributed by atoms with E-state index in [0.29, 0.717) is 11.8 Å². The SMILES string of the molecule is COc1nccnc1C1CCCC1Cl. The smallest absolute Gasteiger partial charge is 0.235 e. The Morgan fingerprint density at radius 3 is 2.79 bits per heavy atom. The molecular weight excluding hydrogens is 200 g/mol. The first-order chi connectivity index (χ1) is 6.83. The summed E-state index contributed by atoms with van der Waals surface area (Å²) in [6.45, 7) is 0. The quantitative estimate of drug-likeness (QED) is 0.706. The molecule has 1 aliphatic rings. The average Bonchev–Trinajstić information content (AvgIpc) is 2.64. The lowest BCUT2D eigenvalue weighted by Gasteiger charge is -2.14. The molecule has 0 amide bonds. The fourth-order valence-corrected chi connectivity index (χ4v) is 2.37. The summed E-state index contributed by atoms with van der Waals surface area (Å²) in [7, 11) is 1.62. The maximum absolute atomic E-state index is 6.22. The Hall–Kier alpha value is -0.830. The van der Waals surface area contributed by atoms with Crippen molar-refractivity contribution in [3.63, 3.8) is 0 Å². The van der Waals surface area contributed by atoms with E-state index in [1.54, 1.807) is 19.5 Å². The summed E-state index contributed by atoms with van der Waals surface area (Å²) < 4.78 is 5.17. The zero-order valence-electron chi connectivity index (χ0n) is 8.11. The Bertz CT molecular complexity index is 319. The predicted molar refractivity (Wildman–Crippen MR) is 54.8 cm³/mol. The molecule has 1 aromatic heterocycles.